The first-order valence-corrected chi connectivity index (χ1v) is 7.06. The van der Waals surface area contributed by atoms with E-state index in [2.05, 4.69) is 26.1 Å². The van der Waals surface area contributed by atoms with Gasteiger partial charge in [-0.3, -0.25) is 5.32 Å². The normalized spacial score (nSPS) is 30.2. The van der Waals surface area contributed by atoms with Crippen LogP contribution in [0.3, 0.4) is 0 Å². The molecule has 0 bridgehead atoms. The van der Waals surface area contributed by atoms with Crippen LogP contribution in [0, 0.1) is 11.8 Å². The molecule has 4 heteroatoms. The van der Waals surface area contributed by atoms with Crippen LogP contribution in [-0.4, -0.2) is 35.2 Å². The molecule has 0 aromatic heterocycles. The first-order valence-electron chi connectivity index (χ1n) is 6.12. The van der Waals surface area contributed by atoms with Gasteiger partial charge in [-0.15, -0.1) is 11.8 Å². The zero-order valence-corrected chi connectivity index (χ0v) is 11.8. The molecule has 0 aliphatic carbocycles. The highest BCUT2D eigenvalue weighted by Crippen LogP contribution is 2.43. The van der Waals surface area contributed by atoms with E-state index in [1.165, 1.54) is 0 Å². The molecule has 0 radical (unpaired) electrons. The molecule has 3 nitrogen and oxygen atoms in total. The van der Waals surface area contributed by atoms with Crippen LogP contribution in [0.1, 0.15) is 34.1 Å². The third kappa shape index (κ3) is 4.24. The fourth-order valence-electron chi connectivity index (χ4n) is 1.81. The number of hydrogen-bond donors (Lipinski definition) is 2. The fraction of sp³-hybridized carbons (Fsp3) is 1.00. The van der Waals surface area contributed by atoms with Gasteiger partial charge in [-0.2, -0.15) is 0 Å². The van der Waals surface area contributed by atoms with Gasteiger partial charge in [-0.25, -0.2) is 0 Å². The zero-order chi connectivity index (χ0) is 12.3. The summed E-state index contributed by atoms with van der Waals surface area (Å²) in [5.74, 6) is 0.719. The van der Waals surface area contributed by atoms with E-state index in [1.54, 1.807) is 7.05 Å². The van der Waals surface area contributed by atoms with Crippen LogP contribution in [0.25, 0.3) is 0 Å². The number of hydrogen-bond acceptors (Lipinski definition) is 4. The van der Waals surface area contributed by atoms with E-state index in [9.17, 15) is 5.11 Å². The van der Waals surface area contributed by atoms with E-state index in [0.717, 1.165) is 6.42 Å². The Hall–Kier alpha value is 0.230. The summed E-state index contributed by atoms with van der Waals surface area (Å²) in [6, 6.07) is 0. The minimum absolute atomic E-state index is 0.126. The molecule has 0 aromatic carbocycles. The SMILES string of the molecule is CNC(O)C(C)[C@H](CC(C)C)OC1SC1C. The Labute approximate surface area is 103 Å². The second-order valence-corrected chi connectivity index (χ2v) is 6.59. The van der Waals surface area contributed by atoms with Crippen LogP contribution in [0.2, 0.25) is 0 Å². The lowest BCUT2D eigenvalue weighted by Gasteiger charge is -2.29. The third-order valence-electron chi connectivity index (χ3n) is 3.05. The Kier molecular flexibility index (Phi) is 5.57. The summed E-state index contributed by atoms with van der Waals surface area (Å²) in [4.78, 5) is 0. The standard InChI is InChI=1S/C12H25NO2S/c1-7(2)6-10(8(3)11(14)13-5)15-12-9(4)16-12/h7-14H,6H2,1-5H3/t8?,9?,10-,11?,12?/m0/s1. The molecule has 1 fully saturated rings. The highest BCUT2D eigenvalue weighted by molar-refractivity contribution is 8.07. The maximum absolute atomic E-state index is 9.81. The van der Waals surface area contributed by atoms with Crippen LogP contribution in [0.15, 0.2) is 0 Å². The first-order chi connectivity index (χ1) is 7.45. The first kappa shape index (κ1) is 14.3. The largest absolute Gasteiger partial charge is 0.378 e. The van der Waals surface area contributed by atoms with Gasteiger partial charge >= 0.3 is 0 Å². The van der Waals surface area contributed by atoms with Gasteiger partial charge in [-0.05, 0) is 26.3 Å². The molecule has 96 valence electrons. The van der Waals surface area contributed by atoms with Crippen molar-refractivity contribution >= 4 is 11.8 Å². The molecule has 0 saturated carbocycles. The van der Waals surface area contributed by atoms with Crippen molar-refractivity contribution < 1.29 is 9.84 Å². The molecule has 5 atom stereocenters. The van der Waals surface area contributed by atoms with E-state index in [1.807, 2.05) is 18.7 Å². The Morgan fingerprint density at radius 3 is 2.31 bits per heavy atom. The quantitative estimate of drug-likeness (QED) is 0.534. The second kappa shape index (κ2) is 6.24. The number of thioether (sulfide) groups is 1. The molecule has 16 heavy (non-hydrogen) atoms. The molecule has 0 aromatic rings. The summed E-state index contributed by atoms with van der Waals surface area (Å²) < 4.78 is 6.03. The second-order valence-electron chi connectivity index (χ2n) is 5.11. The van der Waals surface area contributed by atoms with Crippen molar-refractivity contribution in [1.29, 1.82) is 0 Å². The monoisotopic (exact) mass is 247 g/mol. The lowest BCUT2D eigenvalue weighted by atomic mass is 9.94. The Morgan fingerprint density at radius 2 is 1.94 bits per heavy atom. The Balaban J connectivity index is 2.48. The number of rotatable bonds is 7. The minimum atomic E-state index is -0.484. The van der Waals surface area contributed by atoms with Gasteiger partial charge in [0.1, 0.15) is 11.7 Å². The molecule has 1 heterocycles. The van der Waals surface area contributed by atoms with Gasteiger partial charge in [0.15, 0.2) is 0 Å². The molecule has 1 rings (SSSR count). The van der Waals surface area contributed by atoms with Crippen LogP contribution < -0.4 is 5.32 Å². The summed E-state index contributed by atoms with van der Waals surface area (Å²) in [5.41, 5.74) is 0.343. The summed E-state index contributed by atoms with van der Waals surface area (Å²) in [6.07, 6.45) is 0.664. The van der Waals surface area contributed by atoms with Crippen LogP contribution in [0.5, 0.6) is 0 Å². The molecule has 1 aliphatic rings. The van der Waals surface area contributed by atoms with E-state index in [4.69, 9.17) is 4.74 Å². The van der Waals surface area contributed by atoms with E-state index in [-0.39, 0.29) is 12.0 Å². The highest BCUT2D eigenvalue weighted by atomic mass is 32.2. The summed E-state index contributed by atoms with van der Waals surface area (Å²) in [7, 11) is 1.78. The van der Waals surface area contributed by atoms with Gasteiger partial charge in [-0.1, -0.05) is 20.8 Å². The van der Waals surface area contributed by atoms with Crippen molar-refractivity contribution in [3.8, 4) is 0 Å². The number of aliphatic hydroxyl groups is 1. The van der Waals surface area contributed by atoms with Gasteiger partial charge in [0.2, 0.25) is 0 Å². The summed E-state index contributed by atoms with van der Waals surface area (Å²) >= 11 is 1.86. The molecule has 4 unspecified atom stereocenters. The highest BCUT2D eigenvalue weighted by Gasteiger charge is 2.39. The van der Waals surface area contributed by atoms with Crippen molar-refractivity contribution in [1.82, 2.24) is 5.32 Å². The van der Waals surface area contributed by atoms with Crippen LogP contribution in [-0.2, 0) is 4.74 Å². The minimum Gasteiger partial charge on any atom is -0.378 e. The lowest BCUT2D eigenvalue weighted by Crippen LogP contribution is -2.40. The average Bonchev–Trinajstić information content (AvgIpc) is 2.90. The third-order valence-corrected chi connectivity index (χ3v) is 4.20. The van der Waals surface area contributed by atoms with Gasteiger partial charge < -0.3 is 9.84 Å². The topological polar surface area (TPSA) is 41.5 Å². The number of ether oxygens (including phenoxy) is 1. The van der Waals surface area contributed by atoms with Gasteiger partial charge in [0, 0.05) is 11.2 Å². The molecule has 1 saturated heterocycles. The van der Waals surface area contributed by atoms with Crippen LogP contribution in [0.4, 0.5) is 0 Å². The van der Waals surface area contributed by atoms with Crippen molar-refractivity contribution in [2.75, 3.05) is 7.05 Å². The molecule has 1 aliphatic heterocycles. The summed E-state index contributed by atoms with van der Waals surface area (Å²) in [5, 5.41) is 13.3. The average molecular weight is 247 g/mol. The van der Waals surface area contributed by atoms with E-state index < -0.39 is 6.23 Å². The van der Waals surface area contributed by atoms with Crippen molar-refractivity contribution in [2.45, 2.75) is 57.1 Å². The predicted octanol–water partition coefficient (Wildman–Crippen LogP) is 2.05. The number of nitrogens with one attached hydrogen (secondary N) is 1. The van der Waals surface area contributed by atoms with Crippen molar-refractivity contribution in [2.24, 2.45) is 11.8 Å². The van der Waals surface area contributed by atoms with Crippen molar-refractivity contribution in [3.63, 3.8) is 0 Å². The van der Waals surface area contributed by atoms with E-state index >= 15 is 0 Å². The van der Waals surface area contributed by atoms with Gasteiger partial charge in [0.05, 0.1) is 6.10 Å². The van der Waals surface area contributed by atoms with Crippen molar-refractivity contribution in [3.05, 3.63) is 0 Å². The molecule has 0 amide bonds. The zero-order valence-electron chi connectivity index (χ0n) is 10.9. The molecule has 0 spiro atoms. The predicted molar refractivity (Wildman–Crippen MR) is 69.4 cm³/mol. The number of aliphatic hydroxyl groups excluding tert-OH is 1. The molecule has 2 N–H and O–H groups in total. The smallest absolute Gasteiger partial charge is 0.115 e. The Bertz CT molecular complexity index is 213. The molecular weight excluding hydrogens is 222 g/mol. The maximum Gasteiger partial charge on any atom is 0.115 e. The Morgan fingerprint density at radius 1 is 1.38 bits per heavy atom. The fourth-order valence-corrected chi connectivity index (χ4v) is 2.41. The maximum atomic E-state index is 9.81. The lowest BCUT2D eigenvalue weighted by molar-refractivity contribution is -0.0481. The van der Waals surface area contributed by atoms with Crippen LogP contribution >= 0.6 is 11.8 Å². The van der Waals surface area contributed by atoms with Gasteiger partial charge in [0.25, 0.3) is 0 Å². The molecular formula is C12H25NO2S. The van der Waals surface area contributed by atoms with E-state index in [0.29, 0.717) is 16.6 Å². The summed E-state index contributed by atoms with van der Waals surface area (Å²) in [6.45, 7) is 8.61.